The zero-order valence-corrected chi connectivity index (χ0v) is 12.0. The second kappa shape index (κ2) is 5.19. The fourth-order valence-electron chi connectivity index (χ4n) is 2.64. The van der Waals surface area contributed by atoms with E-state index in [2.05, 4.69) is 9.97 Å². The van der Waals surface area contributed by atoms with E-state index in [0.717, 1.165) is 53.9 Å². The number of nitrogens with zero attached hydrogens (tertiary/aromatic N) is 3. The second-order valence-corrected chi connectivity index (χ2v) is 5.48. The first-order valence-corrected chi connectivity index (χ1v) is 7.15. The molecule has 4 nitrogen and oxygen atoms in total. The summed E-state index contributed by atoms with van der Waals surface area (Å²) >= 11 is 0. The average molecular weight is 269 g/mol. The Kier molecular flexibility index (Phi) is 3.38. The fourth-order valence-corrected chi connectivity index (χ4v) is 2.64. The quantitative estimate of drug-likeness (QED) is 0.841. The Morgan fingerprint density at radius 1 is 1.10 bits per heavy atom. The molecule has 104 valence electrons. The van der Waals surface area contributed by atoms with Crippen molar-refractivity contribution in [2.75, 3.05) is 13.1 Å². The van der Waals surface area contributed by atoms with Crippen molar-refractivity contribution in [1.82, 2.24) is 14.9 Å². The van der Waals surface area contributed by atoms with Gasteiger partial charge in [-0.25, -0.2) is 9.97 Å². The molecule has 0 saturated carbocycles. The lowest BCUT2D eigenvalue weighted by molar-refractivity contribution is -0.129. The van der Waals surface area contributed by atoms with Crippen LogP contribution in [0.1, 0.15) is 29.8 Å². The van der Waals surface area contributed by atoms with Crippen LogP contribution in [-0.2, 0) is 11.2 Å². The highest BCUT2D eigenvalue weighted by atomic mass is 16.2. The van der Waals surface area contributed by atoms with Crippen LogP contribution in [0.4, 0.5) is 0 Å². The Labute approximate surface area is 118 Å². The maximum atomic E-state index is 12.2. The van der Waals surface area contributed by atoms with Crippen molar-refractivity contribution < 1.29 is 4.79 Å². The van der Waals surface area contributed by atoms with Crippen LogP contribution in [0.25, 0.3) is 11.0 Å². The number of carbonyl (C=O) groups is 1. The third-order valence-corrected chi connectivity index (χ3v) is 3.95. The molecular weight excluding hydrogens is 250 g/mol. The molecule has 0 spiro atoms. The van der Waals surface area contributed by atoms with Crippen molar-refractivity contribution in [1.29, 1.82) is 0 Å². The van der Waals surface area contributed by atoms with Crippen LogP contribution in [0.2, 0.25) is 0 Å². The van der Waals surface area contributed by atoms with Gasteiger partial charge in [-0.1, -0.05) is 6.07 Å². The zero-order chi connectivity index (χ0) is 14.1. The van der Waals surface area contributed by atoms with Gasteiger partial charge in [0.25, 0.3) is 0 Å². The second-order valence-electron chi connectivity index (χ2n) is 5.48. The molecule has 1 saturated heterocycles. The Morgan fingerprint density at radius 2 is 1.75 bits per heavy atom. The lowest BCUT2D eigenvalue weighted by Crippen LogP contribution is -2.29. The van der Waals surface area contributed by atoms with E-state index in [-0.39, 0.29) is 5.91 Å². The molecule has 1 aliphatic heterocycles. The van der Waals surface area contributed by atoms with Crippen LogP contribution < -0.4 is 0 Å². The first-order chi connectivity index (χ1) is 9.63. The highest BCUT2D eigenvalue weighted by Crippen LogP contribution is 2.16. The van der Waals surface area contributed by atoms with E-state index in [4.69, 9.17) is 0 Å². The first-order valence-electron chi connectivity index (χ1n) is 7.15. The molecular formula is C16H19N3O. The first kappa shape index (κ1) is 13.0. The molecule has 20 heavy (non-hydrogen) atoms. The van der Waals surface area contributed by atoms with Crippen molar-refractivity contribution in [3.8, 4) is 0 Å². The molecule has 0 atom stereocenters. The van der Waals surface area contributed by atoms with E-state index in [1.165, 1.54) is 0 Å². The summed E-state index contributed by atoms with van der Waals surface area (Å²) in [5, 5.41) is 0. The number of hydrogen-bond donors (Lipinski definition) is 0. The number of fused-ring (bicyclic) bond motifs is 1. The molecule has 2 heterocycles. The third kappa shape index (κ3) is 2.50. The predicted octanol–water partition coefficient (Wildman–Crippen LogP) is 2.41. The van der Waals surface area contributed by atoms with E-state index in [9.17, 15) is 4.79 Å². The smallest absolute Gasteiger partial charge is 0.226 e. The summed E-state index contributed by atoms with van der Waals surface area (Å²) in [7, 11) is 0. The summed E-state index contributed by atoms with van der Waals surface area (Å²) in [6.07, 6.45) is 2.73. The van der Waals surface area contributed by atoms with Crippen LogP contribution in [-0.4, -0.2) is 33.9 Å². The van der Waals surface area contributed by atoms with Gasteiger partial charge >= 0.3 is 0 Å². The normalized spacial score (nSPS) is 15.0. The summed E-state index contributed by atoms with van der Waals surface area (Å²) in [6.45, 7) is 5.74. The minimum atomic E-state index is 0.221. The molecule has 0 N–H and O–H groups in total. The van der Waals surface area contributed by atoms with Crippen molar-refractivity contribution in [2.24, 2.45) is 0 Å². The van der Waals surface area contributed by atoms with Crippen molar-refractivity contribution in [2.45, 2.75) is 33.1 Å². The van der Waals surface area contributed by atoms with E-state index in [0.29, 0.717) is 6.42 Å². The number of carbonyl (C=O) groups excluding carboxylic acids is 1. The minimum Gasteiger partial charge on any atom is -0.342 e. The Balaban J connectivity index is 1.85. The fraction of sp³-hybridized carbons (Fsp3) is 0.438. The number of benzene rings is 1. The molecule has 1 aromatic heterocycles. The van der Waals surface area contributed by atoms with E-state index in [1.54, 1.807) is 0 Å². The molecule has 1 amide bonds. The molecule has 0 aliphatic carbocycles. The highest BCUT2D eigenvalue weighted by Gasteiger charge is 2.18. The van der Waals surface area contributed by atoms with Gasteiger partial charge < -0.3 is 4.90 Å². The van der Waals surface area contributed by atoms with E-state index >= 15 is 0 Å². The molecule has 1 aromatic carbocycles. The van der Waals surface area contributed by atoms with Crippen molar-refractivity contribution >= 4 is 16.9 Å². The summed E-state index contributed by atoms with van der Waals surface area (Å²) in [6, 6.07) is 5.93. The molecule has 1 fully saturated rings. The molecule has 1 aliphatic rings. The minimum absolute atomic E-state index is 0.221. The Hall–Kier alpha value is -1.97. The highest BCUT2D eigenvalue weighted by molar-refractivity contribution is 5.81. The van der Waals surface area contributed by atoms with Gasteiger partial charge in [0, 0.05) is 13.1 Å². The Morgan fingerprint density at radius 3 is 2.45 bits per heavy atom. The average Bonchev–Trinajstić information content (AvgIpc) is 2.94. The molecule has 4 heteroatoms. The molecule has 0 radical (unpaired) electrons. The SMILES string of the molecule is Cc1nc2ccc(CC(=O)N3CCCC3)cc2nc1C. The number of rotatable bonds is 2. The molecule has 0 unspecified atom stereocenters. The maximum Gasteiger partial charge on any atom is 0.226 e. The van der Waals surface area contributed by atoms with Crippen molar-refractivity contribution in [3.05, 3.63) is 35.2 Å². The monoisotopic (exact) mass is 269 g/mol. The van der Waals surface area contributed by atoms with Crippen LogP contribution in [0, 0.1) is 13.8 Å². The van der Waals surface area contributed by atoms with Gasteiger partial charge in [0.15, 0.2) is 0 Å². The topological polar surface area (TPSA) is 46.1 Å². The van der Waals surface area contributed by atoms with Crippen LogP contribution in [0.15, 0.2) is 18.2 Å². The van der Waals surface area contributed by atoms with Gasteiger partial charge in [0.2, 0.25) is 5.91 Å². The summed E-state index contributed by atoms with van der Waals surface area (Å²) in [4.78, 5) is 23.2. The Bertz CT molecular complexity index is 660. The maximum absolute atomic E-state index is 12.2. The predicted molar refractivity (Wildman–Crippen MR) is 78.5 cm³/mol. The van der Waals surface area contributed by atoms with E-state index < -0.39 is 0 Å². The molecule has 0 bridgehead atoms. The summed E-state index contributed by atoms with van der Waals surface area (Å²) in [5.41, 5.74) is 4.69. The van der Waals surface area contributed by atoms with Crippen LogP contribution in [0.3, 0.4) is 0 Å². The van der Waals surface area contributed by atoms with E-state index in [1.807, 2.05) is 36.9 Å². The summed E-state index contributed by atoms with van der Waals surface area (Å²) < 4.78 is 0. The third-order valence-electron chi connectivity index (χ3n) is 3.95. The van der Waals surface area contributed by atoms with Crippen LogP contribution in [0.5, 0.6) is 0 Å². The van der Waals surface area contributed by atoms with Gasteiger partial charge in [-0.15, -0.1) is 0 Å². The summed E-state index contributed by atoms with van der Waals surface area (Å²) in [5.74, 6) is 0.221. The number of aromatic nitrogens is 2. The molecule has 2 aromatic rings. The number of aryl methyl sites for hydroxylation is 2. The lowest BCUT2D eigenvalue weighted by Gasteiger charge is -2.15. The van der Waals surface area contributed by atoms with Gasteiger partial charge in [-0.2, -0.15) is 0 Å². The number of hydrogen-bond acceptors (Lipinski definition) is 3. The molecule has 3 rings (SSSR count). The zero-order valence-electron chi connectivity index (χ0n) is 12.0. The largest absolute Gasteiger partial charge is 0.342 e. The number of amides is 1. The van der Waals surface area contributed by atoms with Gasteiger partial charge in [-0.05, 0) is 44.4 Å². The van der Waals surface area contributed by atoms with Crippen molar-refractivity contribution in [3.63, 3.8) is 0 Å². The van der Waals surface area contributed by atoms with Gasteiger partial charge in [0.1, 0.15) is 0 Å². The number of likely N-dealkylation sites (tertiary alicyclic amines) is 1. The van der Waals surface area contributed by atoms with Gasteiger partial charge in [0.05, 0.1) is 28.8 Å². The lowest BCUT2D eigenvalue weighted by atomic mass is 10.1. The van der Waals surface area contributed by atoms with Crippen LogP contribution >= 0.6 is 0 Å². The standard InChI is InChI=1S/C16H19N3O/c1-11-12(2)18-15-9-13(5-6-14(15)17-11)10-16(20)19-7-3-4-8-19/h5-6,9H,3-4,7-8,10H2,1-2H3. The van der Waals surface area contributed by atoms with Gasteiger partial charge in [-0.3, -0.25) is 4.79 Å².